The highest BCUT2D eigenvalue weighted by Gasteiger charge is 2.51. The van der Waals surface area contributed by atoms with Crippen molar-refractivity contribution in [2.24, 2.45) is 23.7 Å². The van der Waals surface area contributed by atoms with Crippen molar-refractivity contribution in [1.29, 1.82) is 0 Å². The minimum absolute atomic E-state index is 0.0188. The molecule has 1 saturated carbocycles. The topological polar surface area (TPSA) is 75.6 Å². The van der Waals surface area contributed by atoms with Crippen LogP contribution in [-0.4, -0.2) is 23.6 Å². The molecule has 0 spiro atoms. The van der Waals surface area contributed by atoms with Crippen LogP contribution in [0.15, 0.2) is 36.4 Å². The van der Waals surface area contributed by atoms with Gasteiger partial charge in [0.2, 0.25) is 5.91 Å². The third kappa shape index (κ3) is 2.47. The zero-order valence-electron chi connectivity index (χ0n) is 12.4. The lowest BCUT2D eigenvalue weighted by Gasteiger charge is -2.24. The molecule has 0 unspecified atom stereocenters. The SMILES string of the molecule is CCOc1ccccc1NC(=O)[C@H]1[C@H](C(=O)O)[C@H]2C=C[C@H]1C2. The number of aliphatic carboxylic acids is 1. The standard InChI is InChI=1S/C17H19NO4/c1-2-22-13-6-4-3-5-12(13)18-16(19)14-10-7-8-11(9-10)15(14)17(20)21/h3-8,10-11,14-15H,2,9H2,1H3,(H,18,19)(H,20,21)/t10-,11-,14+,15+/m0/s1. The second kappa shape index (κ2) is 5.83. The number of carbonyl (C=O) groups is 2. The predicted molar refractivity (Wildman–Crippen MR) is 81.6 cm³/mol. The van der Waals surface area contributed by atoms with Crippen LogP contribution in [0.25, 0.3) is 0 Å². The van der Waals surface area contributed by atoms with Gasteiger partial charge in [-0.25, -0.2) is 0 Å². The molecule has 0 aliphatic heterocycles. The van der Waals surface area contributed by atoms with Gasteiger partial charge in [0.25, 0.3) is 0 Å². The molecule has 0 saturated heterocycles. The first-order valence-electron chi connectivity index (χ1n) is 7.55. The number of ether oxygens (including phenoxy) is 1. The normalized spacial score (nSPS) is 28.6. The maximum atomic E-state index is 12.6. The Labute approximate surface area is 129 Å². The molecule has 22 heavy (non-hydrogen) atoms. The third-order valence-corrected chi connectivity index (χ3v) is 4.49. The lowest BCUT2D eigenvalue weighted by atomic mass is 9.82. The first-order chi connectivity index (χ1) is 10.6. The number of para-hydroxylation sites is 2. The number of hydrogen-bond acceptors (Lipinski definition) is 3. The van der Waals surface area contributed by atoms with Crippen LogP contribution in [0.5, 0.6) is 5.75 Å². The number of allylic oxidation sites excluding steroid dienone is 2. The van der Waals surface area contributed by atoms with Gasteiger partial charge in [0.05, 0.1) is 24.1 Å². The third-order valence-electron chi connectivity index (χ3n) is 4.49. The molecule has 1 aromatic rings. The molecular formula is C17H19NO4. The van der Waals surface area contributed by atoms with E-state index < -0.39 is 17.8 Å². The number of benzene rings is 1. The molecule has 2 aliphatic rings. The van der Waals surface area contributed by atoms with Crippen molar-refractivity contribution in [2.75, 3.05) is 11.9 Å². The van der Waals surface area contributed by atoms with E-state index in [0.717, 1.165) is 6.42 Å². The summed E-state index contributed by atoms with van der Waals surface area (Å²) in [5.74, 6) is -1.68. The molecule has 5 nitrogen and oxygen atoms in total. The number of amides is 1. The quantitative estimate of drug-likeness (QED) is 0.820. The Morgan fingerprint density at radius 3 is 2.59 bits per heavy atom. The first-order valence-corrected chi connectivity index (χ1v) is 7.55. The van der Waals surface area contributed by atoms with Crippen LogP contribution in [0.1, 0.15) is 13.3 Å². The number of nitrogens with one attached hydrogen (secondary N) is 1. The van der Waals surface area contributed by atoms with Gasteiger partial charge in [-0.15, -0.1) is 0 Å². The molecule has 2 N–H and O–H groups in total. The van der Waals surface area contributed by atoms with Gasteiger partial charge < -0.3 is 15.2 Å². The van der Waals surface area contributed by atoms with E-state index in [4.69, 9.17) is 4.74 Å². The molecule has 4 atom stereocenters. The fraction of sp³-hybridized carbons (Fsp3) is 0.412. The van der Waals surface area contributed by atoms with E-state index in [0.29, 0.717) is 18.0 Å². The first kappa shape index (κ1) is 14.6. The summed E-state index contributed by atoms with van der Waals surface area (Å²) in [4.78, 5) is 24.1. The number of hydrogen-bond donors (Lipinski definition) is 2. The molecule has 1 aromatic carbocycles. The summed E-state index contributed by atoms with van der Waals surface area (Å²) in [5.41, 5.74) is 0.588. The molecule has 0 radical (unpaired) electrons. The van der Waals surface area contributed by atoms with Gasteiger partial charge in [0, 0.05) is 0 Å². The van der Waals surface area contributed by atoms with E-state index in [2.05, 4.69) is 5.32 Å². The maximum absolute atomic E-state index is 12.6. The number of anilines is 1. The van der Waals surface area contributed by atoms with E-state index in [1.54, 1.807) is 12.1 Å². The Kier molecular flexibility index (Phi) is 3.88. The Morgan fingerprint density at radius 1 is 1.23 bits per heavy atom. The van der Waals surface area contributed by atoms with Gasteiger partial charge >= 0.3 is 5.97 Å². The van der Waals surface area contributed by atoms with Crippen LogP contribution >= 0.6 is 0 Å². The second-order valence-electron chi connectivity index (χ2n) is 5.76. The summed E-state index contributed by atoms with van der Waals surface area (Å²) in [6, 6.07) is 7.20. The second-order valence-corrected chi connectivity index (χ2v) is 5.76. The van der Waals surface area contributed by atoms with Crippen molar-refractivity contribution < 1.29 is 19.4 Å². The van der Waals surface area contributed by atoms with Gasteiger partial charge in [-0.05, 0) is 37.3 Å². The van der Waals surface area contributed by atoms with Crippen LogP contribution < -0.4 is 10.1 Å². The predicted octanol–water partition coefficient (Wildman–Crippen LogP) is 2.55. The van der Waals surface area contributed by atoms with Crippen LogP contribution in [0.2, 0.25) is 0 Å². The van der Waals surface area contributed by atoms with Crippen molar-refractivity contribution in [3.8, 4) is 5.75 Å². The lowest BCUT2D eigenvalue weighted by molar-refractivity contribution is -0.146. The van der Waals surface area contributed by atoms with Gasteiger partial charge in [-0.2, -0.15) is 0 Å². The summed E-state index contributed by atoms with van der Waals surface area (Å²) in [7, 11) is 0. The maximum Gasteiger partial charge on any atom is 0.307 e. The molecule has 116 valence electrons. The Bertz CT molecular complexity index is 625. The summed E-state index contributed by atoms with van der Waals surface area (Å²) < 4.78 is 5.49. The minimum atomic E-state index is -0.893. The van der Waals surface area contributed by atoms with Crippen molar-refractivity contribution in [1.82, 2.24) is 0 Å². The van der Waals surface area contributed by atoms with Crippen molar-refractivity contribution in [3.05, 3.63) is 36.4 Å². The van der Waals surface area contributed by atoms with Crippen molar-refractivity contribution >= 4 is 17.6 Å². The number of carboxylic acids is 1. The van der Waals surface area contributed by atoms with E-state index in [9.17, 15) is 14.7 Å². The number of carboxylic acid groups (broad SMARTS) is 1. The summed E-state index contributed by atoms with van der Waals surface area (Å²) >= 11 is 0. The monoisotopic (exact) mass is 301 g/mol. The fourth-order valence-corrected chi connectivity index (χ4v) is 3.58. The van der Waals surface area contributed by atoms with E-state index in [1.165, 1.54) is 0 Å². The highest BCUT2D eigenvalue weighted by molar-refractivity contribution is 5.97. The van der Waals surface area contributed by atoms with Crippen LogP contribution in [0.3, 0.4) is 0 Å². The number of carbonyl (C=O) groups excluding carboxylic acids is 1. The van der Waals surface area contributed by atoms with Gasteiger partial charge in [-0.1, -0.05) is 24.3 Å². The molecule has 5 heteroatoms. The van der Waals surface area contributed by atoms with Gasteiger partial charge in [0.1, 0.15) is 5.75 Å². The average molecular weight is 301 g/mol. The van der Waals surface area contributed by atoms with Crippen LogP contribution in [0.4, 0.5) is 5.69 Å². The molecular weight excluding hydrogens is 282 g/mol. The molecule has 3 rings (SSSR count). The van der Waals surface area contributed by atoms with E-state index in [1.807, 2.05) is 31.2 Å². The molecule has 2 bridgehead atoms. The van der Waals surface area contributed by atoms with E-state index >= 15 is 0 Å². The zero-order chi connectivity index (χ0) is 15.7. The highest BCUT2D eigenvalue weighted by atomic mass is 16.5. The number of fused-ring (bicyclic) bond motifs is 2. The Hall–Kier alpha value is -2.30. The summed E-state index contributed by atoms with van der Waals surface area (Å²) in [6.07, 6.45) is 4.66. The fourth-order valence-electron chi connectivity index (χ4n) is 3.58. The Morgan fingerprint density at radius 2 is 1.91 bits per heavy atom. The molecule has 0 heterocycles. The van der Waals surface area contributed by atoms with Gasteiger partial charge in [0.15, 0.2) is 0 Å². The summed E-state index contributed by atoms with van der Waals surface area (Å²) in [5, 5.41) is 12.3. The number of rotatable bonds is 5. The van der Waals surface area contributed by atoms with Crippen molar-refractivity contribution in [3.63, 3.8) is 0 Å². The van der Waals surface area contributed by atoms with Crippen LogP contribution in [-0.2, 0) is 9.59 Å². The molecule has 1 amide bonds. The van der Waals surface area contributed by atoms with Crippen LogP contribution in [0, 0.1) is 23.7 Å². The lowest BCUT2D eigenvalue weighted by Crippen LogP contribution is -2.36. The molecule has 0 aromatic heterocycles. The minimum Gasteiger partial charge on any atom is -0.492 e. The van der Waals surface area contributed by atoms with E-state index in [-0.39, 0.29) is 17.7 Å². The molecule has 2 aliphatic carbocycles. The largest absolute Gasteiger partial charge is 0.492 e. The van der Waals surface area contributed by atoms with Gasteiger partial charge in [-0.3, -0.25) is 9.59 Å². The average Bonchev–Trinajstić information content (AvgIpc) is 3.10. The Balaban J connectivity index is 1.80. The molecule has 1 fully saturated rings. The highest BCUT2D eigenvalue weighted by Crippen LogP contribution is 2.48. The zero-order valence-corrected chi connectivity index (χ0v) is 12.4. The summed E-state index contributed by atoms with van der Waals surface area (Å²) in [6.45, 7) is 2.38. The van der Waals surface area contributed by atoms with Crippen molar-refractivity contribution in [2.45, 2.75) is 13.3 Å². The smallest absolute Gasteiger partial charge is 0.307 e.